The Morgan fingerprint density at radius 2 is 1.74 bits per heavy atom. The summed E-state index contributed by atoms with van der Waals surface area (Å²) in [6.07, 6.45) is -0.624. The molecule has 2 aromatic carbocycles. The van der Waals surface area contributed by atoms with E-state index in [-0.39, 0.29) is 5.91 Å². The van der Waals surface area contributed by atoms with E-state index in [2.05, 4.69) is 20.8 Å². The normalized spacial score (nSPS) is 11.0. The van der Waals surface area contributed by atoms with Crippen molar-refractivity contribution in [2.24, 2.45) is 0 Å². The summed E-state index contributed by atoms with van der Waals surface area (Å²) in [6.45, 7) is 7.04. The number of carbonyl (C=O) groups excluding carboxylic acids is 2. The number of amides is 2. The van der Waals surface area contributed by atoms with E-state index < -0.39 is 11.7 Å². The number of anilines is 2. The van der Waals surface area contributed by atoms with E-state index in [0.29, 0.717) is 40.0 Å². The predicted molar refractivity (Wildman–Crippen MR) is 115 cm³/mol. The van der Waals surface area contributed by atoms with E-state index in [9.17, 15) is 9.59 Å². The van der Waals surface area contributed by atoms with Crippen LogP contribution in [0.3, 0.4) is 0 Å². The van der Waals surface area contributed by atoms with Crippen molar-refractivity contribution in [1.29, 1.82) is 0 Å². The smallest absolute Gasteiger partial charge is 0.412 e. The topological polar surface area (TPSA) is 116 Å². The zero-order valence-corrected chi connectivity index (χ0v) is 18.0. The van der Waals surface area contributed by atoms with Crippen molar-refractivity contribution in [2.45, 2.75) is 33.3 Å². The summed E-state index contributed by atoms with van der Waals surface area (Å²) in [5.74, 6) is 1.04. The van der Waals surface area contributed by atoms with Crippen LogP contribution in [0.1, 0.15) is 37.0 Å². The van der Waals surface area contributed by atoms with Crippen molar-refractivity contribution in [3.8, 4) is 17.2 Å². The first-order chi connectivity index (χ1) is 14.6. The SMILES string of the molecule is COc1ccc(NC(=O)c2ccc(-c3nc(C)no3)cc2)cc1NC(=O)OC(C)(C)C. The van der Waals surface area contributed by atoms with Crippen LogP contribution in [0.2, 0.25) is 0 Å². The van der Waals surface area contributed by atoms with E-state index in [1.165, 1.54) is 7.11 Å². The zero-order chi connectivity index (χ0) is 22.6. The van der Waals surface area contributed by atoms with Gasteiger partial charge < -0.3 is 19.3 Å². The Kier molecular flexibility index (Phi) is 6.24. The lowest BCUT2D eigenvalue weighted by Crippen LogP contribution is -2.27. The number of rotatable bonds is 5. The number of benzene rings is 2. The van der Waals surface area contributed by atoms with Crippen LogP contribution in [0.15, 0.2) is 47.0 Å². The van der Waals surface area contributed by atoms with Crippen LogP contribution in [0, 0.1) is 6.92 Å². The summed E-state index contributed by atoms with van der Waals surface area (Å²) < 4.78 is 15.7. The molecule has 0 aliphatic heterocycles. The van der Waals surface area contributed by atoms with Crippen LogP contribution in [0.4, 0.5) is 16.2 Å². The number of ether oxygens (including phenoxy) is 2. The molecule has 9 nitrogen and oxygen atoms in total. The molecule has 0 saturated heterocycles. The number of hydrogen-bond donors (Lipinski definition) is 2. The molecule has 0 unspecified atom stereocenters. The molecule has 0 radical (unpaired) electrons. The molecule has 0 saturated carbocycles. The fourth-order valence-electron chi connectivity index (χ4n) is 2.68. The summed E-state index contributed by atoms with van der Waals surface area (Å²) in [5.41, 5.74) is 1.36. The highest BCUT2D eigenvalue weighted by Crippen LogP contribution is 2.29. The van der Waals surface area contributed by atoms with Crippen molar-refractivity contribution in [2.75, 3.05) is 17.7 Å². The van der Waals surface area contributed by atoms with Gasteiger partial charge in [0.2, 0.25) is 0 Å². The first-order valence-corrected chi connectivity index (χ1v) is 9.55. The molecule has 31 heavy (non-hydrogen) atoms. The molecular weight excluding hydrogens is 400 g/mol. The molecule has 1 aromatic heterocycles. The summed E-state index contributed by atoms with van der Waals surface area (Å²) in [7, 11) is 1.49. The molecule has 0 fully saturated rings. The third-order valence-corrected chi connectivity index (χ3v) is 4.01. The van der Waals surface area contributed by atoms with Crippen LogP contribution in [0.25, 0.3) is 11.5 Å². The third kappa shape index (κ3) is 5.81. The lowest BCUT2D eigenvalue weighted by Gasteiger charge is -2.20. The minimum Gasteiger partial charge on any atom is -0.495 e. The van der Waals surface area contributed by atoms with Crippen LogP contribution in [-0.4, -0.2) is 34.9 Å². The van der Waals surface area contributed by atoms with Gasteiger partial charge in [0.15, 0.2) is 5.82 Å². The van der Waals surface area contributed by atoms with E-state index in [4.69, 9.17) is 14.0 Å². The van der Waals surface area contributed by atoms with Gasteiger partial charge in [-0.25, -0.2) is 4.79 Å². The van der Waals surface area contributed by atoms with Crippen molar-refractivity contribution < 1.29 is 23.6 Å². The van der Waals surface area contributed by atoms with E-state index >= 15 is 0 Å². The van der Waals surface area contributed by atoms with Gasteiger partial charge in [0.1, 0.15) is 11.4 Å². The molecule has 0 aliphatic carbocycles. The van der Waals surface area contributed by atoms with Gasteiger partial charge in [-0.15, -0.1) is 0 Å². The Balaban J connectivity index is 1.72. The molecule has 3 aromatic rings. The third-order valence-electron chi connectivity index (χ3n) is 4.01. The highest BCUT2D eigenvalue weighted by atomic mass is 16.6. The van der Waals surface area contributed by atoms with Crippen molar-refractivity contribution >= 4 is 23.4 Å². The van der Waals surface area contributed by atoms with Gasteiger partial charge in [-0.05, 0) is 70.2 Å². The van der Waals surface area contributed by atoms with Crippen LogP contribution < -0.4 is 15.4 Å². The van der Waals surface area contributed by atoms with Gasteiger partial charge in [-0.1, -0.05) is 5.16 Å². The quantitative estimate of drug-likeness (QED) is 0.612. The number of nitrogens with one attached hydrogen (secondary N) is 2. The fraction of sp³-hybridized carbons (Fsp3) is 0.273. The zero-order valence-electron chi connectivity index (χ0n) is 18.0. The average Bonchev–Trinajstić information content (AvgIpc) is 3.13. The minimum absolute atomic E-state index is 0.318. The highest BCUT2D eigenvalue weighted by Gasteiger charge is 2.18. The maximum atomic E-state index is 12.6. The summed E-state index contributed by atoms with van der Waals surface area (Å²) in [4.78, 5) is 28.9. The molecule has 2 N–H and O–H groups in total. The Labute approximate surface area is 179 Å². The van der Waals surface area contributed by atoms with Crippen LogP contribution in [-0.2, 0) is 4.74 Å². The van der Waals surface area contributed by atoms with Crippen molar-refractivity contribution in [3.63, 3.8) is 0 Å². The summed E-state index contributed by atoms with van der Waals surface area (Å²) >= 11 is 0. The number of methoxy groups -OCH3 is 1. The molecule has 0 bridgehead atoms. The molecule has 9 heteroatoms. The Hall–Kier alpha value is -3.88. The maximum Gasteiger partial charge on any atom is 0.412 e. The van der Waals surface area contributed by atoms with E-state index in [1.807, 2.05) is 0 Å². The number of carbonyl (C=O) groups is 2. The van der Waals surface area contributed by atoms with Crippen molar-refractivity contribution in [1.82, 2.24) is 10.1 Å². The van der Waals surface area contributed by atoms with Gasteiger partial charge in [-0.3, -0.25) is 10.1 Å². The first-order valence-electron chi connectivity index (χ1n) is 9.55. The molecule has 2 amide bonds. The average molecular weight is 424 g/mol. The maximum absolute atomic E-state index is 12.6. The molecule has 0 spiro atoms. The molecule has 1 heterocycles. The van der Waals surface area contributed by atoms with Gasteiger partial charge in [-0.2, -0.15) is 4.98 Å². The Bertz CT molecular complexity index is 1080. The van der Waals surface area contributed by atoms with Gasteiger partial charge >= 0.3 is 6.09 Å². The second-order valence-electron chi connectivity index (χ2n) is 7.72. The molecule has 162 valence electrons. The molecule has 0 atom stereocenters. The van der Waals surface area contributed by atoms with Gasteiger partial charge in [0.25, 0.3) is 11.8 Å². The van der Waals surface area contributed by atoms with E-state index in [1.54, 1.807) is 70.2 Å². The lowest BCUT2D eigenvalue weighted by atomic mass is 10.1. The van der Waals surface area contributed by atoms with Crippen LogP contribution >= 0.6 is 0 Å². The fourth-order valence-corrected chi connectivity index (χ4v) is 2.68. The molecular formula is C22H24N4O5. The Morgan fingerprint density at radius 3 is 2.32 bits per heavy atom. The minimum atomic E-state index is -0.644. The lowest BCUT2D eigenvalue weighted by molar-refractivity contribution is 0.0635. The number of hydrogen-bond acceptors (Lipinski definition) is 7. The number of aromatic nitrogens is 2. The summed E-state index contributed by atoms with van der Waals surface area (Å²) in [5, 5.41) is 9.19. The number of nitrogens with zero attached hydrogens (tertiary/aromatic N) is 2. The Morgan fingerprint density at radius 1 is 1.03 bits per heavy atom. The second kappa shape index (κ2) is 8.86. The second-order valence-corrected chi connectivity index (χ2v) is 7.72. The van der Waals surface area contributed by atoms with Crippen LogP contribution in [0.5, 0.6) is 5.75 Å². The molecule has 3 rings (SSSR count). The summed E-state index contributed by atoms with van der Waals surface area (Å²) in [6, 6.07) is 11.7. The van der Waals surface area contributed by atoms with E-state index in [0.717, 1.165) is 0 Å². The first kappa shape index (κ1) is 21.8. The highest BCUT2D eigenvalue weighted by molar-refractivity contribution is 6.05. The predicted octanol–water partition coefficient (Wildman–Crippen LogP) is 4.65. The standard InChI is InChI=1S/C22H24N4O5/c1-13-23-20(31-26-13)15-8-6-14(7-9-15)19(27)24-16-10-11-18(29-5)17(12-16)25-21(28)30-22(2,3)4/h6-12H,1-5H3,(H,24,27)(H,25,28). The van der Waals surface area contributed by atoms with Gasteiger partial charge in [0, 0.05) is 16.8 Å². The molecule has 0 aliphatic rings. The van der Waals surface area contributed by atoms with Crippen molar-refractivity contribution in [3.05, 3.63) is 53.9 Å². The van der Waals surface area contributed by atoms with Gasteiger partial charge in [0.05, 0.1) is 12.8 Å². The largest absolute Gasteiger partial charge is 0.495 e. The monoisotopic (exact) mass is 424 g/mol. The number of aryl methyl sites for hydroxylation is 1.